The van der Waals surface area contributed by atoms with Gasteiger partial charge >= 0.3 is 0 Å². The molecule has 1 aromatic heterocycles. The molecule has 1 saturated heterocycles. The summed E-state index contributed by atoms with van der Waals surface area (Å²) < 4.78 is 1.49. The van der Waals surface area contributed by atoms with Gasteiger partial charge in [0, 0.05) is 13.2 Å². The van der Waals surface area contributed by atoms with E-state index in [2.05, 4.69) is 28.0 Å². The fourth-order valence-corrected chi connectivity index (χ4v) is 2.28. The number of hydrogen-bond donors (Lipinski definition) is 3. The zero-order chi connectivity index (χ0) is 14.5. The molecule has 1 aliphatic rings. The first kappa shape index (κ1) is 14.5. The Hall–Kier alpha value is -1.89. The second-order valence-corrected chi connectivity index (χ2v) is 5.23. The molecular weight excluding hydrogens is 258 g/mol. The number of carbonyl (C=O) groups is 2. The number of hydrogen-bond acceptors (Lipinski definition) is 4. The van der Waals surface area contributed by atoms with E-state index in [1.807, 2.05) is 0 Å². The van der Waals surface area contributed by atoms with Crippen LogP contribution in [-0.4, -0.2) is 41.2 Å². The van der Waals surface area contributed by atoms with E-state index in [9.17, 15) is 9.59 Å². The molecule has 0 radical (unpaired) electrons. The summed E-state index contributed by atoms with van der Waals surface area (Å²) in [4.78, 5) is 23.3. The third kappa shape index (κ3) is 3.80. The molecule has 110 valence electrons. The first-order valence-electron chi connectivity index (χ1n) is 6.85. The molecule has 2 heterocycles. The number of carbonyl (C=O) groups excluding carboxylic acids is 2. The van der Waals surface area contributed by atoms with Crippen molar-refractivity contribution in [3.63, 3.8) is 0 Å². The number of likely N-dealkylation sites (N-methyl/N-ethyl adjacent to an activating group) is 1. The van der Waals surface area contributed by atoms with Gasteiger partial charge in [0.15, 0.2) is 0 Å². The number of piperidine rings is 1. The highest BCUT2D eigenvalue weighted by atomic mass is 16.2. The SMILES string of the molecule is CNC(=O)Cn1cc(NC(=O)C2CC(C)CCN2)cn1. The van der Waals surface area contributed by atoms with Crippen LogP contribution in [0.1, 0.15) is 19.8 Å². The molecule has 20 heavy (non-hydrogen) atoms. The largest absolute Gasteiger partial charge is 0.358 e. The Balaban J connectivity index is 1.89. The van der Waals surface area contributed by atoms with E-state index >= 15 is 0 Å². The van der Waals surface area contributed by atoms with E-state index in [-0.39, 0.29) is 24.4 Å². The van der Waals surface area contributed by atoms with Gasteiger partial charge < -0.3 is 16.0 Å². The fourth-order valence-electron chi connectivity index (χ4n) is 2.28. The zero-order valence-electron chi connectivity index (χ0n) is 11.8. The van der Waals surface area contributed by atoms with Crippen LogP contribution in [0.25, 0.3) is 0 Å². The van der Waals surface area contributed by atoms with E-state index in [0.717, 1.165) is 19.4 Å². The molecule has 2 amide bonds. The van der Waals surface area contributed by atoms with Crippen LogP contribution in [0.2, 0.25) is 0 Å². The van der Waals surface area contributed by atoms with Crippen LogP contribution in [0.5, 0.6) is 0 Å². The minimum Gasteiger partial charge on any atom is -0.358 e. The summed E-state index contributed by atoms with van der Waals surface area (Å²) in [6.45, 7) is 3.17. The quantitative estimate of drug-likeness (QED) is 0.721. The molecule has 2 rings (SSSR count). The predicted molar refractivity (Wildman–Crippen MR) is 75.1 cm³/mol. The number of nitrogens with zero attached hydrogens (tertiary/aromatic N) is 2. The molecule has 3 N–H and O–H groups in total. The van der Waals surface area contributed by atoms with Crippen LogP contribution in [-0.2, 0) is 16.1 Å². The van der Waals surface area contributed by atoms with E-state index < -0.39 is 0 Å². The Kier molecular flexibility index (Phi) is 4.73. The maximum atomic E-state index is 12.1. The molecule has 0 aliphatic carbocycles. The second kappa shape index (κ2) is 6.51. The van der Waals surface area contributed by atoms with Gasteiger partial charge in [0.05, 0.1) is 17.9 Å². The first-order chi connectivity index (χ1) is 9.58. The summed E-state index contributed by atoms with van der Waals surface area (Å²) in [6, 6.07) is -0.152. The molecule has 2 atom stereocenters. The average Bonchev–Trinajstić information content (AvgIpc) is 2.85. The highest BCUT2D eigenvalue weighted by Crippen LogP contribution is 2.16. The topological polar surface area (TPSA) is 88.0 Å². The van der Waals surface area contributed by atoms with Gasteiger partial charge in [0.1, 0.15) is 6.54 Å². The van der Waals surface area contributed by atoms with Crippen LogP contribution in [0.15, 0.2) is 12.4 Å². The Bertz CT molecular complexity index is 485. The highest BCUT2D eigenvalue weighted by Gasteiger charge is 2.24. The molecule has 0 spiro atoms. The van der Waals surface area contributed by atoms with Crippen LogP contribution in [0.3, 0.4) is 0 Å². The molecule has 1 aromatic rings. The number of aromatic nitrogens is 2. The predicted octanol–water partition coefficient (Wildman–Crippen LogP) is -0.0443. The number of nitrogens with one attached hydrogen (secondary N) is 3. The molecule has 2 unspecified atom stereocenters. The summed E-state index contributed by atoms with van der Waals surface area (Å²) in [5.41, 5.74) is 0.610. The van der Waals surface area contributed by atoms with Crippen molar-refractivity contribution < 1.29 is 9.59 Å². The minimum atomic E-state index is -0.152. The van der Waals surface area contributed by atoms with Crippen molar-refractivity contribution in [1.29, 1.82) is 0 Å². The average molecular weight is 279 g/mol. The van der Waals surface area contributed by atoms with Gasteiger partial charge in [-0.05, 0) is 25.3 Å². The van der Waals surface area contributed by atoms with Gasteiger partial charge in [-0.15, -0.1) is 0 Å². The molecule has 1 aliphatic heterocycles. The maximum Gasteiger partial charge on any atom is 0.241 e. The summed E-state index contributed by atoms with van der Waals surface area (Å²) in [5.74, 6) is 0.382. The fraction of sp³-hybridized carbons (Fsp3) is 0.615. The van der Waals surface area contributed by atoms with Crippen LogP contribution < -0.4 is 16.0 Å². The number of amides is 2. The van der Waals surface area contributed by atoms with Crippen molar-refractivity contribution in [3.8, 4) is 0 Å². The van der Waals surface area contributed by atoms with Crippen molar-refractivity contribution in [2.45, 2.75) is 32.4 Å². The Labute approximate surface area is 118 Å². The van der Waals surface area contributed by atoms with Crippen LogP contribution >= 0.6 is 0 Å². The molecule has 0 saturated carbocycles. The Morgan fingerprint density at radius 1 is 1.55 bits per heavy atom. The smallest absolute Gasteiger partial charge is 0.241 e. The normalized spacial score (nSPS) is 22.3. The van der Waals surface area contributed by atoms with E-state index in [1.54, 1.807) is 19.4 Å². The van der Waals surface area contributed by atoms with Gasteiger partial charge in [-0.2, -0.15) is 5.10 Å². The molecule has 7 heteroatoms. The monoisotopic (exact) mass is 279 g/mol. The van der Waals surface area contributed by atoms with E-state index in [4.69, 9.17) is 0 Å². The van der Waals surface area contributed by atoms with Crippen molar-refractivity contribution >= 4 is 17.5 Å². The zero-order valence-corrected chi connectivity index (χ0v) is 11.8. The summed E-state index contributed by atoms with van der Waals surface area (Å²) in [7, 11) is 1.57. The lowest BCUT2D eigenvalue weighted by Gasteiger charge is -2.26. The van der Waals surface area contributed by atoms with Gasteiger partial charge in [-0.25, -0.2) is 0 Å². The maximum absolute atomic E-state index is 12.1. The van der Waals surface area contributed by atoms with Crippen LogP contribution in [0.4, 0.5) is 5.69 Å². The third-order valence-corrected chi connectivity index (χ3v) is 3.47. The van der Waals surface area contributed by atoms with Crippen molar-refractivity contribution in [2.24, 2.45) is 5.92 Å². The lowest BCUT2D eigenvalue weighted by molar-refractivity contribution is -0.121. The lowest BCUT2D eigenvalue weighted by atomic mass is 9.94. The second-order valence-electron chi connectivity index (χ2n) is 5.23. The Morgan fingerprint density at radius 2 is 2.35 bits per heavy atom. The lowest BCUT2D eigenvalue weighted by Crippen LogP contribution is -2.45. The molecule has 0 bridgehead atoms. The van der Waals surface area contributed by atoms with E-state index in [1.165, 1.54) is 4.68 Å². The van der Waals surface area contributed by atoms with Crippen molar-refractivity contribution in [1.82, 2.24) is 20.4 Å². The van der Waals surface area contributed by atoms with Crippen molar-refractivity contribution in [3.05, 3.63) is 12.4 Å². The molecular formula is C13H21N5O2. The van der Waals surface area contributed by atoms with Crippen molar-refractivity contribution in [2.75, 3.05) is 18.9 Å². The molecule has 0 aromatic carbocycles. The third-order valence-electron chi connectivity index (χ3n) is 3.47. The highest BCUT2D eigenvalue weighted by molar-refractivity contribution is 5.94. The van der Waals surface area contributed by atoms with E-state index in [0.29, 0.717) is 11.6 Å². The van der Waals surface area contributed by atoms with Gasteiger partial charge in [-0.3, -0.25) is 14.3 Å². The number of anilines is 1. The molecule has 7 nitrogen and oxygen atoms in total. The van der Waals surface area contributed by atoms with Gasteiger partial charge in [0.25, 0.3) is 0 Å². The van der Waals surface area contributed by atoms with Crippen LogP contribution in [0, 0.1) is 5.92 Å². The first-order valence-corrected chi connectivity index (χ1v) is 6.85. The Morgan fingerprint density at radius 3 is 3.05 bits per heavy atom. The minimum absolute atomic E-state index is 0.0453. The summed E-state index contributed by atoms with van der Waals surface area (Å²) in [5, 5.41) is 12.6. The van der Waals surface area contributed by atoms with Gasteiger partial charge in [-0.1, -0.05) is 6.92 Å². The summed E-state index contributed by atoms with van der Waals surface area (Å²) in [6.07, 6.45) is 5.15. The van der Waals surface area contributed by atoms with Gasteiger partial charge in [0.2, 0.25) is 11.8 Å². The summed E-state index contributed by atoms with van der Waals surface area (Å²) >= 11 is 0. The molecule has 1 fully saturated rings. The number of rotatable bonds is 4. The standard InChI is InChI=1S/C13H21N5O2/c1-9-3-4-15-11(5-9)13(20)17-10-6-16-18(7-10)8-12(19)14-2/h6-7,9,11,15H,3-5,8H2,1-2H3,(H,14,19)(H,17,20).